The first-order valence-electron chi connectivity index (χ1n) is 9.23. The maximum Gasteiger partial charge on any atom is 0.381 e. The summed E-state index contributed by atoms with van der Waals surface area (Å²) in [6, 6.07) is 3.36. The largest absolute Gasteiger partial charge is 0.483 e. The molecule has 11 nitrogen and oxygen atoms in total. The number of carbonyl (C=O) groups is 1. The average molecular weight is 507 g/mol. The molecule has 0 bridgehead atoms. The smallest absolute Gasteiger partial charge is 0.381 e. The Morgan fingerprint density at radius 3 is 2.67 bits per heavy atom. The number of aromatic nitrogens is 4. The van der Waals surface area contributed by atoms with Crippen molar-refractivity contribution in [3.05, 3.63) is 51.1 Å². The number of nitrogens with two attached hydrogens (primary N) is 1. The fourth-order valence-electron chi connectivity index (χ4n) is 2.71. The summed E-state index contributed by atoms with van der Waals surface area (Å²) < 4.78 is 15.8. The van der Waals surface area contributed by atoms with Crippen molar-refractivity contribution in [1.29, 1.82) is 0 Å². The van der Waals surface area contributed by atoms with Gasteiger partial charge in [-0.25, -0.2) is 14.8 Å². The molecule has 0 unspecified atom stereocenters. The van der Waals surface area contributed by atoms with Crippen LogP contribution in [0.2, 0.25) is 5.02 Å². The van der Waals surface area contributed by atoms with Crippen LogP contribution in [-0.2, 0) is 4.74 Å². The van der Waals surface area contributed by atoms with E-state index in [1.807, 2.05) is 5.38 Å². The summed E-state index contributed by atoms with van der Waals surface area (Å²) in [7, 11) is 1.49. The minimum atomic E-state index is -0.978. The fraction of sp³-hybridized carbons (Fsp3) is 0.158. The van der Waals surface area contributed by atoms with Gasteiger partial charge in [0.15, 0.2) is 10.0 Å². The molecule has 0 atom stereocenters. The third-order valence-electron chi connectivity index (χ3n) is 4.09. The Hall–Kier alpha value is -3.39. The summed E-state index contributed by atoms with van der Waals surface area (Å²) in [5, 5.41) is 14.3. The van der Waals surface area contributed by atoms with Gasteiger partial charge in [0.1, 0.15) is 12.3 Å². The highest BCUT2D eigenvalue weighted by atomic mass is 35.5. The van der Waals surface area contributed by atoms with Crippen molar-refractivity contribution in [3.8, 4) is 26.2 Å². The van der Waals surface area contributed by atoms with Crippen LogP contribution in [0.4, 0.5) is 11.6 Å². The van der Waals surface area contributed by atoms with Gasteiger partial charge in [0.25, 0.3) is 5.91 Å². The summed E-state index contributed by atoms with van der Waals surface area (Å²) in [6.07, 6.45) is 3.01. The highest BCUT2D eigenvalue weighted by Gasteiger charge is 2.29. The molecule has 4 aromatic heterocycles. The van der Waals surface area contributed by atoms with Gasteiger partial charge in [0, 0.05) is 19.5 Å². The van der Waals surface area contributed by atoms with Gasteiger partial charge in [-0.05, 0) is 17.5 Å². The number of amides is 1. The Morgan fingerprint density at radius 1 is 1.24 bits per heavy atom. The van der Waals surface area contributed by atoms with Gasteiger partial charge in [-0.2, -0.15) is 0 Å². The third kappa shape index (κ3) is 4.85. The van der Waals surface area contributed by atoms with Gasteiger partial charge < -0.3 is 24.9 Å². The molecule has 0 aliphatic rings. The fourth-order valence-corrected chi connectivity index (χ4v) is 4.91. The third-order valence-corrected chi connectivity index (χ3v) is 6.53. The first-order valence-corrected chi connectivity index (χ1v) is 11.3. The number of hydrogen-bond acceptors (Lipinski definition) is 12. The quantitative estimate of drug-likeness (QED) is 0.323. The van der Waals surface area contributed by atoms with Crippen LogP contribution in [0.15, 0.2) is 39.1 Å². The van der Waals surface area contributed by atoms with E-state index >= 15 is 0 Å². The molecule has 1 amide bonds. The molecule has 0 spiro atoms. The van der Waals surface area contributed by atoms with Crippen molar-refractivity contribution in [1.82, 2.24) is 20.2 Å². The molecular formula is C19H15ClN6O5S2. The normalized spacial score (nSPS) is 10.8. The van der Waals surface area contributed by atoms with Crippen LogP contribution >= 0.6 is 34.3 Å². The number of anilines is 2. The summed E-state index contributed by atoms with van der Waals surface area (Å²) >= 11 is 8.74. The molecular weight excluding hydrogens is 492 g/mol. The maximum absolute atomic E-state index is 12.7. The van der Waals surface area contributed by atoms with Crippen molar-refractivity contribution < 1.29 is 18.7 Å². The number of hydrogen-bond donors (Lipinski definition) is 2. The lowest BCUT2D eigenvalue weighted by molar-refractivity contribution is 0.0968. The predicted molar refractivity (Wildman–Crippen MR) is 123 cm³/mol. The zero-order chi connectivity index (χ0) is 23.4. The molecule has 0 saturated carbocycles. The number of nitrogens with zero attached hydrogens (tertiary/aromatic N) is 4. The van der Waals surface area contributed by atoms with Gasteiger partial charge >= 0.3 is 5.63 Å². The number of methoxy groups -OCH3 is 1. The van der Waals surface area contributed by atoms with Gasteiger partial charge in [-0.15, -0.1) is 21.5 Å². The second kappa shape index (κ2) is 10.0. The number of rotatable bonds is 9. The van der Waals surface area contributed by atoms with E-state index in [0.717, 1.165) is 11.3 Å². The second-order valence-electron chi connectivity index (χ2n) is 6.21. The van der Waals surface area contributed by atoms with E-state index in [0.29, 0.717) is 14.9 Å². The summed E-state index contributed by atoms with van der Waals surface area (Å²) in [5.41, 5.74) is 4.74. The Morgan fingerprint density at radius 2 is 2.00 bits per heavy atom. The van der Waals surface area contributed by atoms with Crippen LogP contribution in [0.3, 0.4) is 0 Å². The lowest BCUT2D eigenvalue weighted by Gasteiger charge is -2.15. The van der Waals surface area contributed by atoms with Crippen LogP contribution in [0.5, 0.6) is 5.75 Å². The van der Waals surface area contributed by atoms with E-state index in [1.54, 1.807) is 12.1 Å². The lowest BCUT2D eigenvalue weighted by Crippen LogP contribution is -2.20. The SMILES string of the molecule is COCCOc1c(Nc2ncccn2)c(-c2nnc(-c3sccc3Cl)s2)c(C(N)=O)oc1=O. The van der Waals surface area contributed by atoms with Crippen molar-refractivity contribution in [2.45, 2.75) is 0 Å². The monoisotopic (exact) mass is 506 g/mol. The Balaban J connectivity index is 1.92. The van der Waals surface area contributed by atoms with E-state index < -0.39 is 17.3 Å². The Labute approximate surface area is 199 Å². The standard InChI is InChI=1S/C19H15ClN6O5S2/c1-29-6-7-30-13-11(24-19-22-4-2-5-23-19)10(12(15(21)27)31-18(13)28)16-25-26-17(33-16)14-9(20)3-8-32-14/h2-5,8H,6-7H2,1H3,(H2,21,27)(H,22,23,24). The van der Waals surface area contributed by atoms with E-state index in [4.69, 9.17) is 31.2 Å². The Kier molecular flexibility index (Phi) is 6.93. The van der Waals surface area contributed by atoms with E-state index in [-0.39, 0.29) is 41.2 Å². The van der Waals surface area contributed by atoms with Crippen molar-refractivity contribution in [3.63, 3.8) is 0 Å². The van der Waals surface area contributed by atoms with Crippen LogP contribution in [0.1, 0.15) is 10.6 Å². The number of nitrogens with one attached hydrogen (secondary N) is 1. The Bertz CT molecular complexity index is 1340. The number of carbonyl (C=O) groups excluding carboxylic acids is 1. The molecule has 0 radical (unpaired) electrons. The van der Waals surface area contributed by atoms with Crippen molar-refractivity contribution in [2.24, 2.45) is 5.73 Å². The van der Waals surface area contributed by atoms with Gasteiger partial charge in [-0.1, -0.05) is 22.9 Å². The van der Waals surface area contributed by atoms with E-state index in [2.05, 4.69) is 25.5 Å². The van der Waals surface area contributed by atoms with E-state index in [1.165, 1.54) is 30.8 Å². The number of thiophene rings is 1. The zero-order valence-electron chi connectivity index (χ0n) is 16.9. The molecule has 33 heavy (non-hydrogen) atoms. The maximum atomic E-state index is 12.7. The first-order chi connectivity index (χ1) is 16.0. The zero-order valence-corrected chi connectivity index (χ0v) is 19.3. The van der Waals surface area contributed by atoms with E-state index in [9.17, 15) is 9.59 Å². The molecule has 4 heterocycles. The molecule has 0 aromatic carbocycles. The topological polar surface area (TPSA) is 155 Å². The van der Waals surface area contributed by atoms with Crippen LogP contribution in [0.25, 0.3) is 20.5 Å². The number of ether oxygens (including phenoxy) is 2. The molecule has 4 aromatic rings. The lowest BCUT2D eigenvalue weighted by atomic mass is 10.1. The molecule has 0 aliphatic carbocycles. The van der Waals surface area contributed by atoms with Gasteiger partial charge in [-0.3, -0.25) is 4.79 Å². The molecule has 3 N–H and O–H groups in total. The highest BCUT2D eigenvalue weighted by Crippen LogP contribution is 2.42. The minimum absolute atomic E-state index is 0.0348. The van der Waals surface area contributed by atoms with Crippen LogP contribution in [-0.4, -0.2) is 46.4 Å². The molecule has 0 fully saturated rings. The first kappa shape index (κ1) is 22.8. The van der Waals surface area contributed by atoms with Gasteiger partial charge in [0.2, 0.25) is 17.5 Å². The van der Waals surface area contributed by atoms with Gasteiger partial charge in [0.05, 0.1) is 22.1 Å². The molecule has 0 aliphatic heterocycles. The number of primary amides is 1. The van der Waals surface area contributed by atoms with Crippen molar-refractivity contribution >= 4 is 51.8 Å². The molecule has 14 heteroatoms. The summed E-state index contributed by atoms with van der Waals surface area (Å²) in [4.78, 5) is 33.8. The molecule has 0 saturated heterocycles. The predicted octanol–water partition coefficient (Wildman–Crippen LogP) is 3.20. The second-order valence-corrected chi connectivity index (χ2v) is 8.51. The average Bonchev–Trinajstić information content (AvgIpc) is 3.45. The summed E-state index contributed by atoms with van der Waals surface area (Å²) in [6.45, 7) is 0.237. The summed E-state index contributed by atoms with van der Waals surface area (Å²) in [5.74, 6) is -1.47. The molecule has 170 valence electrons. The van der Waals surface area contributed by atoms with Crippen LogP contribution < -0.4 is 21.4 Å². The highest BCUT2D eigenvalue weighted by molar-refractivity contribution is 7.23. The van der Waals surface area contributed by atoms with Crippen LogP contribution in [0, 0.1) is 0 Å². The molecule has 4 rings (SSSR count). The van der Waals surface area contributed by atoms with Crippen molar-refractivity contribution in [2.75, 3.05) is 25.6 Å². The number of halogens is 1. The minimum Gasteiger partial charge on any atom is -0.483 e.